The first kappa shape index (κ1) is 11.9. The van der Waals surface area contributed by atoms with Crippen LogP contribution in [0.15, 0.2) is 18.2 Å². The van der Waals surface area contributed by atoms with E-state index in [1.54, 1.807) is 0 Å². The zero-order chi connectivity index (χ0) is 13.1. The molecule has 1 unspecified atom stereocenters. The van der Waals surface area contributed by atoms with Crippen LogP contribution < -0.4 is 14.8 Å². The van der Waals surface area contributed by atoms with Gasteiger partial charge in [-0.25, -0.2) is 0 Å². The number of ether oxygens (including phenoxy) is 2. The van der Waals surface area contributed by atoms with Gasteiger partial charge in [-0.1, -0.05) is 17.3 Å². The van der Waals surface area contributed by atoms with Crippen molar-refractivity contribution >= 4 is 0 Å². The molecular weight excluding hydrogens is 246 g/mol. The van der Waals surface area contributed by atoms with Gasteiger partial charge in [0.2, 0.25) is 0 Å². The number of fused-ring (bicyclic) bond motifs is 1. The van der Waals surface area contributed by atoms with Crippen LogP contribution in [-0.4, -0.2) is 33.8 Å². The quantitative estimate of drug-likeness (QED) is 0.847. The van der Waals surface area contributed by atoms with Gasteiger partial charge in [0, 0.05) is 12.1 Å². The van der Waals surface area contributed by atoms with Gasteiger partial charge in [-0.15, -0.1) is 10.2 Å². The molecule has 0 bridgehead atoms. The molecule has 1 aromatic carbocycles. The average Bonchev–Trinajstić information content (AvgIpc) is 2.99. The summed E-state index contributed by atoms with van der Waals surface area (Å²) in [7, 11) is 0. The summed E-state index contributed by atoms with van der Waals surface area (Å²) in [5.41, 5.74) is 1.06. The first-order chi connectivity index (χ1) is 9.34. The summed E-state index contributed by atoms with van der Waals surface area (Å²) in [6, 6.07) is 5.91. The first-order valence-electron chi connectivity index (χ1n) is 6.19. The largest absolute Gasteiger partial charge is 0.486 e. The Balaban J connectivity index is 1.70. The molecule has 2 heterocycles. The SMILES string of the molecule is CC(NCc1cccc2c1OCCO2)c1nn[nH]n1. The molecule has 0 spiro atoms. The van der Waals surface area contributed by atoms with Gasteiger partial charge in [-0.3, -0.25) is 0 Å². The number of tetrazole rings is 1. The number of hydrogen-bond donors (Lipinski definition) is 2. The van der Waals surface area contributed by atoms with Gasteiger partial charge in [-0.2, -0.15) is 5.21 Å². The van der Waals surface area contributed by atoms with Crippen LogP contribution in [0.5, 0.6) is 11.5 Å². The zero-order valence-corrected chi connectivity index (χ0v) is 10.6. The van der Waals surface area contributed by atoms with Crippen molar-refractivity contribution in [2.45, 2.75) is 19.5 Å². The van der Waals surface area contributed by atoms with Crippen LogP contribution in [0.2, 0.25) is 0 Å². The average molecular weight is 261 g/mol. The van der Waals surface area contributed by atoms with E-state index in [2.05, 4.69) is 25.9 Å². The topological polar surface area (TPSA) is 85.0 Å². The molecule has 19 heavy (non-hydrogen) atoms. The fourth-order valence-corrected chi connectivity index (χ4v) is 1.98. The highest BCUT2D eigenvalue weighted by molar-refractivity contribution is 5.47. The summed E-state index contributed by atoms with van der Waals surface area (Å²) in [5, 5.41) is 17.2. The molecule has 0 fully saturated rings. The van der Waals surface area contributed by atoms with E-state index in [1.807, 2.05) is 25.1 Å². The van der Waals surface area contributed by atoms with E-state index in [0.29, 0.717) is 25.6 Å². The summed E-state index contributed by atoms with van der Waals surface area (Å²) in [4.78, 5) is 0. The number of nitrogens with one attached hydrogen (secondary N) is 2. The van der Waals surface area contributed by atoms with Crippen LogP contribution in [0, 0.1) is 0 Å². The van der Waals surface area contributed by atoms with Gasteiger partial charge in [0.1, 0.15) is 13.2 Å². The van der Waals surface area contributed by atoms with Gasteiger partial charge >= 0.3 is 0 Å². The molecule has 0 radical (unpaired) electrons. The molecule has 1 atom stereocenters. The number of benzene rings is 1. The Morgan fingerprint density at radius 1 is 1.37 bits per heavy atom. The predicted molar refractivity (Wildman–Crippen MR) is 66.9 cm³/mol. The Hall–Kier alpha value is -2.15. The van der Waals surface area contributed by atoms with Crippen LogP contribution in [0.1, 0.15) is 24.4 Å². The van der Waals surface area contributed by atoms with Gasteiger partial charge in [0.25, 0.3) is 0 Å². The monoisotopic (exact) mass is 261 g/mol. The Bertz CT molecular complexity index is 543. The minimum absolute atomic E-state index is 0.0131. The number of hydrogen-bond acceptors (Lipinski definition) is 6. The second kappa shape index (κ2) is 5.23. The van der Waals surface area contributed by atoms with Crippen molar-refractivity contribution in [1.29, 1.82) is 0 Å². The first-order valence-corrected chi connectivity index (χ1v) is 6.19. The summed E-state index contributed by atoms with van der Waals surface area (Å²) < 4.78 is 11.2. The van der Waals surface area contributed by atoms with Gasteiger partial charge in [-0.05, 0) is 13.0 Å². The maximum atomic E-state index is 5.66. The lowest BCUT2D eigenvalue weighted by Crippen LogP contribution is -2.22. The zero-order valence-electron chi connectivity index (χ0n) is 10.6. The third-order valence-corrected chi connectivity index (χ3v) is 3.00. The maximum absolute atomic E-state index is 5.66. The highest BCUT2D eigenvalue weighted by Gasteiger charge is 2.16. The Morgan fingerprint density at radius 2 is 2.26 bits per heavy atom. The van der Waals surface area contributed by atoms with E-state index >= 15 is 0 Å². The molecule has 0 aliphatic carbocycles. The summed E-state index contributed by atoms with van der Waals surface area (Å²) in [6.07, 6.45) is 0. The van der Waals surface area contributed by atoms with Crippen LogP contribution in [-0.2, 0) is 6.54 Å². The highest BCUT2D eigenvalue weighted by atomic mass is 16.6. The third kappa shape index (κ3) is 2.50. The minimum Gasteiger partial charge on any atom is -0.486 e. The van der Waals surface area contributed by atoms with Crippen molar-refractivity contribution in [2.75, 3.05) is 13.2 Å². The standard InChI is InChI=1S/C12H15N5O2/c1-8(12-14-16-17-15-12)13-7-9-3-2-4-10-11(9)19-6-5-18-10/h2-4,8,13H,5-7H2,1H3,(H,14,15,16,17). The molecule has 0 amide bonds. The molecule has 0 saturated carbocycles. The second-order valence-electron chi connectivity index (χ2n) is 4.31. The van der Waals surface area contributed by atoms with Crippen LogP contribution >= 0.6 is 0 Å². The molecule has 2 N–H and O–H groups in total. The lowest BCUT2D eigenvalue weighted by molar-refractivity contribution is 0.169. The molecular formula is C12H15N5O2. The summed E-state index contributed by atoms with van der Waals surface area (Å²) in [5.74, 6) is 2.27. The van der Waals surface area contributed by atoms with Crippen molar-refractivity contribution in [1.82, 2.24) is 25.9 Å². The smallest absolute Gasteiger partial charge is 0.191 e. The molecule has 3 rings (SSSR count). The van der Waals surface area contributed by atoms with Crippen molar-refractivity contribution in [3.8, 4) is 11.5 Å². The Morgan fingerprint density at radius 3 is 3.11 bits per heavy atom. The van der Waals surface area contributed by atoms with Crippen molar-refractivity contribution < 1.29 is 9.47 Å². The van der Waals surface area contributed by atoms with Crippen molar-refractivity contribution in [2.24, 2.45) is 0 Å². The van der Waals surface area contributed by atoms with Crippen molar-refractivity contribution in [3.05, 3.63) is 29.6 Å². The van der Waals surface area contributed by atoms with E-state index in [0.717, 1.165) is 17.1 Å². The van der Waals surface area contributed by atoms with Crippen LogP contribution in [0.25, 0.3) is 0 Å². The molecule has 2 aromatic rings. The molecule has 0 saturated heterocycles. The lowest BCUT2D eigenvalue weighted by atomic mass is 10.1. The second-order valence-corrected chi connectivity index (χ2v) is 4.31. The van der Waals surface area contributed by atoms with Crippen LogP contribution in [0.3, 0.4) is 0 Å². The number of para-hydroxylation sites is 1. The highest BCUT2D eigenvalue weighted by Crippen LogP contribution is 2.33. The summed E-state index contributed by atoms with van der Waals surface area (Å²) >= 11 is 0. The Labute approximate surface area is 110 Å². The fourth-order valence-electron chi connectivity index (χ4n) is 1.98. The fraction of sp³-hybridized carbons (Fsp3) is 0.417. The number of aromatic nitrogens is 4. The van der Waals surface area contributed by atoms with Gasteiger partial charge < -0.3 is 14.8 Å². The van der Waals surface area contributed by atoms with Crippen LogP contribution in [0.4, 0.5) is 0 Å². The summed E-state index contributed by atoms with van der Waals surface area (Å²) in [6.45, 7) is 3.83. The third-order valence-electron chi connectivity index (χ3n) is 3.00. The maximum Gasteiger partial charge on any atom is 0.191 e. The van der Waals surface area contributed by atoms with Gasteiger partial charge in [0.15, 0.2) is 17.3 Å². The lowest BCUT2D eigenvalue weighted by Gasteiger charge is -2.21. The van der Waals surface area contributed by atoms with E-state index in [9.17, 15) is 0 Å². The predicted octanol–water partition coefficient (Wildman–Crippen LogP) is 0.822. The van der Waals surface area contributed by atoms with Gasteiger partial charge in [0.05, 0.1) is 6.04 Å². The number of rotatable bonds is 4. The molecule has 1 aliphatic rings. The molecule has 7 nitrogen and oxygen atoms in total. The van der Waals surface area contributed by atoms with Crippen molar-refractivity contribution in [3.63, 3.8) is 0 Å². The molecule has 1 aromatic heterocycles. The van der Waals surface area contributed by atoms with E-state index < -0.39 is 0 Å². The molecule has 7 heteroatoms. The number of aromatic amines is 1. The Kier molecular flexibility index (Phi) is 3.28. The molecule has 1 aliphatic heterocycles. The minimum atomic E-state index is 0.0131. The molecule has 100 valence electrons. The van der Waals surface area contributed by atoms with E-state index in [-0.39, 0.29) is 6.04 Å². The normalized spacial score (nSPS) is 15.2. The number of nitrogens with zero attached hydrogens (tertiary/aromatic N) is 3. The van der Waals surface area contributed by atoms with E-state index in [4.69, 9.17) is 9.47 Å². The number of H-pyrrole nitrogens is 1. The van der Waals surface area contributed by atoms with E-state index in [1.165, 1.54) is 0 Å².